The smallest absolute Gasteiger partial charge is 0.249 e. The molecule has 0 atom stereocenters. The summed E-state index contributed by atoms with van der Waals surface area (Å²) in [5.74, 6) is -3.18. The van der Waals surface area contributed by atoms with Crippen molar-refractivity contribution in [3.63, 3.8) is 0 Å². The number of hydrogen-bond donors (Lipinski definition) is 0. The highest BCUT2D eigenvalue weighted by Crippen LogP contribution is 2.43. The van der Waals surface area contributed by atoms with Crippen LogP contribution in [0.3, 0.4) is 0 Å². The molecule has 0 aromatic heterocycles. The van der Waals surface area contributed by atoms with E-state index < -0.39 is 11.8 Å². The van der Waals surface area contributed by atoms with E-state index in [9.17, 15) is 13.6 Å². The predicted octanol–water partition coefficient (Wildman–Crippen LogP) is 2.69. The number of nitrogens with zero attached hydrogens (tertiary/aromatic N) is 2. The minimum atomic E-state index is -2.62. The molecule has 1 heterocycles. The lowest BCUT2D eigenvalue weighted by Crippen LogP contribution is -2.53. The molecule has 0 bridgehead atoms. The molecule has 1 saturated carbocycles. The van der Waals surface area contributed by atoms with Crippen LogP contribution in [0.15, 0.2) is 24.3 Å². The van der Waals surface area contributed by atoms with Crippen molar-refractivity contribution in [1.82, 2.24) is 4.90 Å². The molecule has 0 radical (unpaired) electrons. The normalized spacial score (nSPS) is 22.0. The van der Waals surface area contributed by atoms with Crippen molar-refractivity contribution in [3.05, 3.63) is 29.8 Å². The third kappa shape index (κ3) is 3.01. The standard InChI is InChI=1S/C16H20F2N2O/c1-12-3-2-4-14(9-12)19-5-7-20(8-6-19)15(21)13-10-16(17,18)11-13/h2-4,9,13H,5-8,10-11H2,1H3. The van der Waals surface area contributed by atoms with Gasteiger partial charge in [0.05, 0.1) is 0 Å². The van der Waals surface area contributed by atoms with Crippen LogP contribution in [0.25, 0.3) is 0 Å². The number of rotatable bonds is 2. The number of carbonyl (C=O) groups is 1. The lowest BCUT2D eigenvalue weighted by atomic mass is 9.80. The van der Waals surface area contributed by atoms with Crippen molar-refractivity contribution in [1.29, 1.82) is 0 Å². The number of aryl methyl sites for hydroxylation is 1. The van der Waals surface area contributed by atoms with Gasteiger partial charge in [-0.3, -0.25) is 4.79 Å². The van der Waals surface area contributed by atoms with Gasteiger partial charge in [-0.05, 0) is 24.6 Å². The van der Waals surface area contributed by atoms with E-state index >= 15 is 0 Å². The van der Waals surface area contributed by atoms with Crippen molar-refractivity contribution in [2.75, 3.05) is 31.1 Å². The molecule has 3 rings (SSSR count). The topological polar surface area (TPSA) is 23.6 Å². The summed E-state index contributed by atoms with van der Waals surface area (Å²) in [7, 11) is 0. The first kappa shape index (κ1) is 14.3. The SMILES string of the molecule is Cc1cccc(N2CCN(C(=O)C3CC(F)(F)C3)CC2)c1. The van der Waals surface area contributed by atoms with Crippen molar-refractivity contribution >= 4 is 11.6 Å². The molecule has 0 N–H and O–H groups in total. The number of benzene rings is 1. The van der Waals surface area contributed by atoms with Gasteiger partial charge in [-0.1, -0.05) is 12.1 Å². The van der Waals surface area contributed by atoms with Crippen LogP contribution in [-0.4, -0.2) is 42.9 Å². The Morgan fingerprint density at radius 2 is 1.86 bits per heavy atom. The molecule has 1 amide bonds. The molecule has 114 valence electrons. The summed E-state index contributed by atoms with van der Waals surface area (Å²) < 4.78 is 25.7. The Balaban J connectivity index is 1.55. The zero-order valence-corrected chi connectivity index (χ0v) is 12.2. The first-order chi connectivity index (χ1) is 9.94. The Hall–Kier alpha value is -1.65. The highest BCUT2D eigenvalue weighted by Gasteiger charge is 2.49. The molecule has 1 aromatic carbocycles. The summed E-state index contributed by atoms with van der Waals surface area (Å²) >= 11 is 0. The fourth-order valence-electron chi connectivity index (χ4n) is 3.10. The molecule has 1 aliphatic heterocycles. The number of carbonyl (C=O) groups excluding carboxylic acids is 1. The lowest BCUT2D eigenvalue weighted by Gasteiger charge is -2.41. The van der Waals surface area contributed by atoms with Crippen LogP contribution in [0.2, 0.25) is 0 Å². The Morgan fingerprint density at radius 1 is 1.19 bits per heavy atom. The minimum Gasteiger partial charge on any atom is -0.368 e. The van der Waals surface area contributed by atoms with Crippen LogP contribution in [0.5, 0.6) is 0 Å². The summed E-state index contributed by atoms with van der Waals surface area (Å²) in [6.45, 7) is 4.82. The largest absolute Gasteiger partial charge is 0.368 e. The van der Waals surface area contributed by atoms with Crippen molar-refractivity contribution < 1.29 is 13.6 Å². The van der Waals surface area contributed by atoms with Crippen molar-refractivity contribution in [3.8, 4) is 0 Å². The van der Waals surface area contributed by atoms with Crippen molar-refractivity contribution in [2.45, 2.75) is 25.7 Å². The van der Waals surface area contributed by atoms with Crippen LogP contribution in [-0.2, 0) is 4.79 Å². The van der Waals surface area contributed by atoms with E-state index in [0.29, 0.717) is 13.1 Å². The maximum Gasteiger partial charge on any atom is 0.249 e. The molecule has 1 aromatic rings. The second kappa shape index (κ2) is 5.28. The zero-order chi connectivity index (χ0) is 15.0. The highest BCUT2D eigenvalue weighted by molar-refractivity contribution is 5.80. The van der Waals surface area contributed by atoms with E-state index in [0.717, 1.165) is 18.8 Å². The first-order valence-corrected chi connectivity index (χ1v) is 7.43. The van der Waals surface area contributed by atoms with Crippen LogP contribution >= 0.6 is 0 Å². The first-order valence-electron chi connectivity index (χ1n) is 7.43. The molecule has 1 saturated heterocycles. The number of hydrogen-bond acceptors (Lipinski definition) is 2. The summed E-state index contributed by atoms with van der Waals surface area (Å²) in [5, 5.41) is 0. The Labute approximate surface area is 123 Å². The molecule has 0 unspecified atom stereocenters. The molecular formula is C16H20F2N2O. The number of piperazine rings is 1. The van der Waals surface area contributed by atoms with Crippen LogP contribution in [0.4, 0.5) is 14.5 Å². The van der Waals surface area contributed by atoms with Crippen LogP contribution < -0.4 is 4.90 Å². The van der Waals surface area contributed by atoms with Gasteiger partial charge in [0.1, 0.15) is 0 Å². The maximum atomic E-state index is 12.9. The quantitative estimate of drug-likeness (QED) is 0.837. The molecule has 2 aliphatic rings. The van der Waals surface area contributed by atoms with Gasteiger partial charge >= 0.3 is 0 Å². The Bertz CT molecular complexity index is 531. The van der Waals surface area contributed by atoms with E-state index in [-0.39, 0.29) is 18.7 Å². The summed E-state index contributed by atoms with van der Waals surface area (Å²) in [5.41, 5.74) is 2.37. The third-order valence-corrected chi connectivity index (χ3v) is 4.40. The molecule has 2 fully saturated rings. The monoisotopic (exact) mass is 294 g/mol. The number of anilines is 1. The molecule has 0 spiro atoms. The van der Waals surface area contributed by atoms with Crippen molar-refractivity contribution in [2.24, 2.45) is 5.92 Å². The average Bonchev–Trinajstić information content (AvgIpc) is 2.44. The highest BCUT2D eigenvalue weighted by atomic mass is 19.3. The Morgan fingerprint density at radius 3 is 2.43 bits per heavy atom. The minimum absolute atomic E-state index is 0.0928. The van der Waals surface area contributed by atoms with E-state index in [2.05, 4.69) is 30.0 Å². The average molecular weight is 294 g/mol. The Kier molecular flexibility index (Phi) is 3.59. The fourth-order valence-corrected chi connectivity index (χ4v) is 3.10. The van der Waals surface area contributed by atoms with Crippen LogP contribution in [0, 0.1) is 12.8 Å². The number of halogens is 2. The molecule has 21 heavy (non-hydrogen) atoms. The molecule has 5 heteroatoms. The van der Waals surface area contributed by atoms with E-state index in [4.69, 9.17) is 0 Å². The van der Waals surface area contributed by atoms with Gasteiger partial charge < -0.3 is 9.80 Å². The maximum absolute atomic E-state index is 12.9. The lowest BCUT2D eigenvalue weighted by molar-refractivity contribution is -0.160. The summed E-state index contributed by atoms with van der Waals surface area (Å²) in [6.07, 6.45) is -0.548. The van der Waals surface area contributed by atoms with Crippen LogP contribution in [0.1, 0.15) is 18.4 Å². The van der Waals surface area contributed by atoms with Gasteiger partial charge in [0.15, 0.2) is 0 Å². The van der Waals surface area contributed by atoms with Gasteiger partial charge in [0, 0.05) is 50.6 Å². The van der Waals surface area contributed by atoms with Gasteiger partial charge in [-0.2, -0.15) is 0 Å². The second-order valence-electron chi connectivity index (χ2n) is 6.11. The van der Waals surface area contributed by atoms with Gasteiger partial charge in [0.25, 0.3) is 0 Å². The summed E-state index contributed by atoms with van der Waals surface area (Å²) in [4.78, 5) is 16.1. The molecule has 3 nitrogen and oxygen atoms in total. The number of alkyl halides is 2. The zero-order valence-electron chi connectivity index (χ0n) is 12.2. The fraction of sp³-hybridized carbons (Fsp3) is 0.562. The molecular weight excluding hydrogens is 274 g/mol. The van der Waals surface area contributed by atoms with Gasteiger partial charge in [-0.25, -0.2) is 8.78 Å². The van der Waals surface area contributed by atoms with E-state index in [1.165, 1.54) is 5.56 Å². The summed E-state index contributed by atoms with van der Waals surface area (Å²) in [6, 6.07) is 8.28. The van der Waals surface area contributed by atoms with Gasteiger partial charge in [-0.15, -0.1) is 0 Å². The predicted molar refractivity (Wildman–Crippen MR) is 77.6 cm³/mol. The van der Waals surface area contributed by atoms with Gasteiger partial charge in [0.2, 0.25) is 11.8 Å². The number of amides is 1. The second-order valence-corrected chi connectivity index (χ2v) is 6.11. The van der Waals surface area contributed by atoms with E-state index in [1.807, 2.05) is 6.07 Å². The van der Waals surface area contributed by atoms with E-state index in [1.54, 1.807) is 4.90 Å². The third-order valence-electron chi connectivity index (χ3n) is 4.40. The molecule has 1 aliphatic carbocycles.